The van der Waals surface area contributed by atoms with Crippen LogP contribution >= 0.6 is 11.6 Å². The van der Waals surface area contributed by atoms with Crippen molar-refractivity contribution in [3.05, 3.63) is 58.6 Å². The summed E-state index contributed by atoms with van der Waals surface area (Å²) in [5.41, 5.74) is 0.939. The van der Waals surface area contributed by atoms with Crippen molar-refractivity contribution in [2.75, 3.05) is 4.72 Å². The Morgan fingerprint density at radius 2 is 1.65 bits per heavy atom. The maximum Gasteiger partial charge on any atom is 0.262 e. The Morgan fingerprint density at radius 3 is 2.20 bits per heavy atom. The molecule has 0 radical (unpaired) electrons. The first kappa shape index (κ1) is 14.7. The Morgan fingerprint density at radius 1 is 1.05 bits per heavy atom. The average Bonchev–Trinajstić information content (AvgIpc) is 2.32. The number of aryl methyl sites for hydroxylation is 1. The topological polar surface area (TPSA) is 46.2 Å². The molecule has 2 rings (SSSR count). The number of nitrogens with one attached hydrogen (secondary N) is 1. The number of hydrogen-bond donors (Lipinski definition) is 1. The summed E-state index contributed by atoms with van der Waals surface area (Å²) >= 11 is 5.83. The van der Waals surface area contributed by atoms with Crippen molar-refractivity contribution >= 4 is 27.3 Å². The van der Waals surface area contributed by atoms with E-state index in [0.717, 1.165) is 12.1 Å². The molecule has 0 spiro atoms. The summed E-state index contributed by atoms with van der Waals surface area (Å²) in [5, 5.41) is 0.491. The van der Waals surface area contributed by atoms with Gasteiger partial charge in [-0.1, -0.05) is 11.6 Å². The zero-order valence-electron chi connectivity index (χ0n) is 10.3. The minimum absolute atomic E-state index is 0.261. The van der Waals surface area contributed by atoms with Crippen LogP contribution in [0.2, 0.25) is 5.02 Å². The molecule has 106 valence electrons. The Labute approximate surface area is 120 Å². The second-order valence-electron chi connectivity index (χ2n) is 4.17. The molecule has 0 fully saturated rings. The van der Waals surface area contributed by atoms with E-state index in [9.17, 15) is 17.2 Å². The molecule has 0 aliphatic carbocycles. The van der Waals surface area contributed by atoms with Crippen molar-refractivity contribution in [2.24, 2.45) is 0 Å². The monoisotopic (exact) mass is 317 g/mol. The van der Waals surface area contributed by atoms with Gasteiger partial charge >= 0.3 is 0 Å². The average molecular weight is 318 g/mol. The fourth-order valence-corrected chi connectivity index (χ4v) is 2.81. The molecule has 0 saturated heterocycles. The summed E-state index contributed by atoms with van der Waals surface area (Å²) in [4.78, 5) is -0.484. The maximum atomic E-state index is 13.1. The van der Waals surface area contributed by atoms with Gasteiger partial charge in [0.25, 0.3) is 10.0 Å². The van der Waals surface area contributed by atoms with E-state index >= 15 is 0 Å². The molecule has 2 aromatic carbocycles. The summed E-state index contributed by atoms with van der Waals surface area (Å²) in [6, 6.07) is 6.60. The van der Waals surface area contributed by atoms with Crippen LogP contribution in [0.5, 0.6) is 0 Å². The number of halogens is 3. The van der Waals surface area contributed by atoms with Crippen LogP contribution in [0.15, 0.2) is 41.3 Å². The zero-order valence-corrected chi connectivity index (χ0v) is 11.9. The lowest BCUT2D eigenvalue weighted by atomic mass is 10.2. The van der Waals surface area contributed by atoms with Crippen molar-refractivity contribution in [1.82, 2.24) is 0 Å². The second-order valence-corrected chi connectivity index (χ2v) is 6.26. The Kier molecular flexibility index (Phi) is 3.96. The lowest BCUT2D eigenvalue weighted by molar-refractivity contribution is 0.568. The molecule has 3 nitrogen and oxygen atoms in total. The highest BCUT2D eigenvalue weighted by molar-refractivity contribution is 7.92. The van der Waals surface area contributed by atoms with Gasteiger partial charge < -0.3 is 0 Å². The first-order valence-electron chi connectivity index (χ1n) is 5.53. The zero-order chi connectivity index (χ0) is 14.9. The van der Waals surface area contributed by atoms with Gasteiger partial charge in [-0.3, -0.25) is 4.72 Å². The van der Waals surface area contributed by atoms with Crippen molar-refractivity contribution in [3.8, 4) is 0 Å². The summed E-state index contributed by atoms with van der Waals surface area (Å²) < 4.78 is 52.4. The van der Waals surface area contributed by atoms with Crippen LogP contribution in [0.1, 0.15) is 5.56 Å². The summed E-state index contributed by atoms with van der Waals surface area (Å²) in [6.07, 6.45) is 0. The highest BCUT2D eigenvalue weighted by Crippen LogP contribution is 2.22. The highest BCUT2D eigenvalue weighted by atomic mass is 35.5. The number of hydrogen-bond acceptors (Lipinski definition) is 2. The van der Waals surface area contributed by atoms with Crippen LogP contribution in [0.3, 0.4) is 0 Å². The minimum Gasteiger partial charge on any atom is -0.280 e. The van der Waals surface area contributed by atoms with Crippen molar-refractivity contribution < 1.29 is 17.2 Å². The van der Waals surface area contributed by atoms with Crippen LogP contribution in [0.25, 0.3) is 0 Å². The number of benzene rings is 2. The first-order valence-corrected chi connectivity index (χ1v) is 7.39. The van der Waals surface area contributed by atoms with E-state index in [-0.39, 0.29) is 5.69 Å². The molecule has 0 aliphatic rings. The molecular weight excluding hydrogens is 308 g/mol. The Bertz CT molecular complexity index is 743. The molecule has 0 amide bonds. The van der Waals surface area contributed by atoms with E-state index in [2.05, 4.69) is 4.72 Å². The van der Waals surface area contributed by atoms with Gasteiger partial charge in [-0.05, 0) is 42.8 Å². The van der Waals surface area contributed by atoms with Gasteiger partial charge in [-0.25, -0.2) is 17.2 Å². The van der Waals surface area contributed by atoms with Crippen LogP contribution in [0, 0.1) is 18.6 Å². The molecule has 0 bridgehead atoms. The van der Waals surface area contributed by atoms with Crippen LogP contribution in [-0.4, -0.2) is 8.42 Å². The second kappa shape index (κ2) is 5.38. The summed E-state index contributed by atoms with van der Waals surface area (Å²) in [7, 11) is -4.06. The molecule has 0 heterocycles. The molecule has 0 atom stereocenters. The van der Waals surface area contributed by atoms with Gasteiger partial charge in [0.1, 0.15) is 11.6 Å². The van der Waals surface area contributed by atoms with Crippen LogP contribution in [-0.2, 0) is 10.0 Å². The molecule has 1 N–H and O–H groups in total. The van der Waals surface area contributed by atoms with E-state index in [4.69, 9.17) is 11.6 Å². The van der Waals surface area contributed by atoms with Crippen LogP contribution in [0.4, 0.5) is 14.5 Å². The van der Waals surface area contributed by atoms with Gasteiger partial charge in [0.15, 0.2) is 0 Å². The van der Waals surface area contributed by atoms with Crippen molar-refractivity contribution in [3.63, 3.8) is 0 Å². The number of rotatable bonds is 3. The van der Waals surface area contributed by atoms with Crippen molar-refractivity contribution in [1.29, 1.82) is 0 Å². The van der Waals surface area contributed by atoms with Gasteiger partial charge in [0.05, 0.1) is 4.90 Å². The molecule has 0 aromatic heterocycles. The van der Waals surface area contributed by atoms with E-state index < -0.39 is 26.6 Å². The third kappa shape index (κ3) is 3.26. The van der Waals surface area contributed by atoms with Crippen LogP contribution < -0.4 is 4.72 Å². The Hall–Kier alpha value is -1.66. The predicted octanol–water partition coefficient (Wildman–Crippen LogP) is 3.73. The maximum absolute atomic E-state index is 13.1. The van der Waals surface area contributed by atoms with E-state index in [0.29, 0.717) is 16.7 Å². The minimum atomic E-state index is -4.06. The first-order chi connectivity index (χ1) is 9.28. The number of sulfonamides is 1. The normalized spacial score (nSPS) is 11.4. The Balaban J connectivity index is 2.37. The standard InChI is InChI=1S/C13H10ClF2NO2S/c1-8-4-11(2-3-13(8)14)17-20(18,19)12-6-9(15)5-10(16)7-12/h2-7,17H,1H3. The largest absolute Gasteiger partial charge is 0.280 e. The predicted molar refractivity (Wildman–Crippen MR) is 73.4 cm³/mol. The highest BCUT2D eigenvalue weighted by Gasteiger charge is 2.17. The molecule has 20 heavy (non-hydrogen) atoms. The molecule has 7 heteroatoms. The van der Waals surface area contributed by atoms with Crippen molar-refractivity contribution in [2.45, 2.75) is 11.8 Å². The van der Waals surface area contributed by atoms with E-state index in [1.807, 2.05) is 0 Å². The lowest BCUT2D eigenvalue weighted by Crippen LogP contribution is -2.13. The third-order valence-electron chi connectivity index (χ3n) is 2.56. The molecular formula is C13H10ClF2NO2S. The van der Waals surface area contributed by atoms with Gasteiger partial charge in [0, 0.05) is 16.8 Å². The fraction of sp³-hybridized carbons (Fsp3) is 0.0769. The van der Waals surface area contributed by atoms with E-state index in [1.165, 1.54) is 18.2 Å². The third-order valence-corrected chi connectivity index (χ3v) is 4.34. The SMILES string of the molecule is Cc1cc(NS(=O)(=O)c2cc(F)cc(F)c2)ccc1Cl. The smallest absolute Gasteiger partial charge is 0.262 e. The number of anilines is 1. The van der Waals surface area contributed by atoms with Gasteiger partial charge in [-0.2, -0.15) is 0 Å². The molecule has 2 aromatic rings. The molecule has 0 saturated carbocycles. The van der Waals surface area contributed by atoms with Gasteiger partial charge in [-0.15, -0.1) is 0 Å². The molecule has 0 unspecified atom stereocenters. The fourth-order valence-electron chi connectivity index (χ4n) is 1.61. The summed E-state index contributed by atoms with van der Waals surface area (Å²) in [6.45, 7) is 1.71. The quantitative estimate of drug-likeness (QED) is 0.937. The van der Waals surface area contributed by atoms with E-state index in [1.54, 1.807) is 6.92 Å². The lowest BCUT2D eigenvalue weighted by Gasteiger charge is -2.09. The molecule has 0 aliphatic heterocycles. The van der Waals surface area contributed by atoms with Gasteiger partial charge in [0.2, 0.25) is 0 Å². The summed E-state index contributed by atoms with van der Waals surface area (Å²) in [5.74, 6) is -1.92.